The lowest BCUT2D eigenvalue weighted by atomic mass is 10.1. The zero-order valence-corrected chi connectivity index (χ0v) is 10.7. The van der Waals surface area contributed by atoms with Crippen molar-refractivity contribution < 1.29 is 9.47 Å². The van der Waals surface area contributed by atoms with Gasteiger partial charge in [-0.1, -0.05) is 6.07 Å². The molecule has 1 rings (SSSR count). The Morgan fingerprint density at radius 1 is 1.19 bits per heavy atom. The predicted molar refractivity (Wildman–Crippen MR) is 67.3 cm³/mol. The average Bonchev–Trinajstić information content (AvgIpc) is 2.30. The van der Waals surface area contributed by atoms with E-state index in [1.54, 1.807) is 14.2 Å². The van der Waals surface area contributed by atoms with Gasteiger partial charge in [0.25, 0.3) is 0 Å². The lowest BCUT2D eigenvalue weighted by Crippen LogP contribution is -2.29. The van der Waals surface area contributed by atoms with Gasteiger partial charge >= 0.3 is 0 Å². The van der Waals surface area contributed by atoms with Gasteiger partial charge in [-0.3, -0.25) is 0 Å². The first kappa shape index (κ1) is 12.8. The van der Waals surface area contributed by atoms with Gasteiger partial charge in [-0.25, -0.2) is 0 Å². The molecule has 1 N–H and O–H groups in total. The summed E-state index contributed by atoms with van der Waals surface area (Å²) in [5, 5.41) is 3.39. The van der Waals surface area contributed by atoms with Crippen molar-refractivity contribution in [3.63, 3.8) is 0 Å². The Hall–Kier alpha value is -1.22. The van der Waals surface area contributed by atoms with Crippen molar-refractivity contribution in [1.29, 1.82) is 0 Å². The van der Waals surface area contributed by atoms with Crippen LogP contribution < -0.4 is 10.1 Å². The van der Waals surface area contributed by atoms with Gasteiger partial charge in [0.05, 0.1) is 18.9 Å². The lowest BCUT2D eigenvalue weighted by Gasteiger charge is -2.22. The van der Waals surface area contributed by atoms with Crippen LogP contribution >= 0.6 is 0 Å². The van der Waals surface area contributed by atoms with Crippen LogP contribution in [0.15, 0.2) is 18.2 Å². The molecule has 0 bridgehead atoms. The normalized spacial score (nSPS) is 14.3. The summed E-state index contributed by atoms with van der Waals surface area (Å²) in [5.41, 5.74) is 2.19. The molecular formula is C13H21NO2. The fourth-order valence-electron chi connectivity index (χ4n) is 1.48. The Bertz CT molecular complexity index is 339. The second-order valence-corrected chi connectivity index (χ2v) is 4.08. The van der Waals surface area contributed by atoms with Crippen LogP contribution in [0.2, 0.25) is 0 Å². The monoisotopic (exact) mass is 223 g/mol. The molecule has 0 amide bonds. The van der Waals surface area contributed by atoms with E-state index in [0.717, 1.165) is 11.4 Å². The highest BCUT2D eigenvalue weighted by Crippen LogP contribution is 2.26. The van der Waals surface area contributed by atoms with E-state index in [-0.39, 0.29) is 12.1 Å². The molecule has 0 fully saturated rings. The molecule has 3 nitrogen and oxygen atoms in total. The summed E-state index contributed by atoms with van der Waals surface area (Å²) >= 11 is 0. The Morgan fingerprint density at radius 3 is 2.44 bits per heavy atom. The van der Waals surface area contributed by atoms with Crippen LogP contribution in [0.3, 0.4) is 0 Å². The van der Waals surface area contributed by atoms with Gasteiger partial charge in [0.2, 0.25) is 0 Å². The molecule has 0 aliphatic heterocycles. The molecule has 0 saturated heterocycles. The smallest absolute Gasteiger partial charge is 0.142 e. The topological polar surface area (TPSA) is 30.5 Å². The van der Waals surface area contributed by atoms with E-state index >= 15 is 0 Å². The maximum atomic E-state index is 5.34. The van der Waals surface area contributed by atoms with E-state index < -0.39 is 0 Å². The van der Waals surface area contributed by atoms with Crippen LogP contribution in [0.25, 0.3) is 0 Å². The number of aryl methyl sites for hydroxylation is 1. The number of hydrogen-bond acceptors (Lipinski definition) is 3. The Labute approximate surface area is 97.8 Å². The molecule has 2 unspecified atom stereocenters. The van der Waals surface area contributed by atoms with E-state index in [0.29, 0.717) is 0 Å². The molecule has 0 saturated carbocycles. The van der Waals surface area contributed by atoms with Crippen LogP contribution in [-0.2, 0) is 4.74 Å². The number of hydrogen-bond donors (Lipinski definition) is 1. The van der Waals surface area contributed by atoms with E-state index in [1.807, 2.05) is 26.0 Å². The second kappa shape index (κ2) is 5.75. The van der Waals surface area contributed by atoms with Gasteiger partial charge in [0.1, 0.15) is 5.75 Å². The Kier molecular flexibility index (Phi) is 4.62. The third-order valence-electron chi connectivity index (χ3n) is 2.82. The van der Waals surface area contributed by atoms with E-state index in [4.69, 9.17) is 9.47 Å². The van der Waals surface area contributed by atoms with E-state index in [1.165, 1.54) is 5.56 Å². The Morgan fingerprint density at radius 2 is 1.88 bits per heavy atom. The number of nitrogens with one attached hydrogen (secondary N) is 1. The van der Waals surface area contributed by atoms with Crippen molar-refractivity contribution in [3.8, 4) is 5.75 Å². The molecule has 1 aromatic rings. The van der Waals surface area contributed by atoms with Crippen molar-refractivity contribution in [1.82, 2.24) is 0 Å². The van der Waals surface area contributed by atoms with Crippen molar-refractivity contribution in [2.75, 3.05) is 19.5 Å². The lowest BCUT2D eigenvalue weighted by molar-refractivity contribution is 0.106. The van der Waals surface area contributed by atoms with Gasteiger partial charge in [-0.15, -0.1) is 0 Å². The van der Waals surface area contributed by atoms with Gasteiger partial charge in [-0.05, 0) is 38.5 Å². The number of benzene rings is 1. The molecule has 0 spiro atoms. The van der Waals surface area contributed by atoms with Gasteiger partial charge in [0, 0.05) is 13.2 Å². The van der Waals surface area contributed by atoms with Crippen molar-refractivity contribution in [2.24, 2.45) is 0 Å². The standard InChI is InChI=1S/C13H21NO2/c1-9-6-7-12(13(8-9)16-5)14-10(2)11(3)15-4/h6-8,10-11,14H,1-5H3. The minimum absolute atomic E-state index is 0.158. The summed E-state index contributed by atoms with van der Waals surface area (Å²) in [4.78, 5) is 0. The molecule has 0 radical (unpaired) electrons. The second-order valence-electron chi connectivity index (χ2n) is 4.08. The number of anilines is 1. The zero-order chi connectivity index (χ0) is 12.1. The van der Waals surface area contributed by atoms with Crippen molar-refractivity contribution in [3.05, 3.63) is 23.8 Å². The first-order valence-corrected chi connectivity index (χ1v) is 5.52. The molecule has 1 aromatic carbocycles. The largest absolute Gasteiger partial charge is 0.495 e. The molecule has 0 heterocycles. The molecule has 90 valence electrons. The number of methoxy groups -OCH3 is 2. The highest BCUT2D eigenvalue weighted by molar-refractivity contribution is 5.58. The maximum absolute atomic E-state index is 5.34. The van der Waals surface area contributed by atoms with Crippen LogP contribution in [0, 0.1) is 6.92 Å². The molecule has 0 aliphatic carbocycles. The van der Waals surface area contributed by atoms with E-state index in [9.17, 15) is 0 Å². The first-order chi connectivity index (χ1) is 7.58. The minimum atomic E-state index is 0.158. The van der Waals surface area contributed by atoms with Gasteiger partial charge in [0.15, 0.2) is 0 Å². The predicted octanol–water partition coefficient (Wildman–Crippen LogP) is 2.84. The van der Waals surface area contributed by atoms with Crippen LogP contribution in [-0.4, -0.2) is 26.4 Å². The summed E-state index contributed by atoms with van der Waals surface area (Å²) in [5.74, 6) is 0.871. The Balaban J connectivity index is 2.80. The minimum Gasteiger partial charge on any atom is -0.495 e. The van der Waals surface area contributed by atoms with Crippen LogP contribution in [0.1, 0.15) is 19.4 Å². The third kappa shape index (κ3) is 3.14. The van der Waals surface area contributed by atoms with Crippen molar-refractivity contribution >= 4 is 5.69 Å². The first-order valence-electron chi connectivity index (χ1n) is 5.52. The summed E-state index contributed by atoms with van der Waals surface area (Å²) in [7, 11) is 3.40. The molecular weight excluding hydrogens is 202 g/mol. The molecule has 3 heteroatoms. The summed E-state index contributed by atoms with van der Waals surface area (Å²) < 4.78 is 10.6. The number of rotatable bonds is 5. The fourth-order valence-corrected chi connectivity index (χ4v) is 1.48. The summed E-state index contributed by atoms with van der Waals surface area (Å²) in [6.07, 6.45) is 0.158. The quantitative estimate of drug-likeness (QED) is 0.832. The van der Waals surface area contributed by atoms with Crippen molar-refractivity contribution in [2.45, 2.75) is 32.9 Å². The van der Waals surface area contributed by atoms with Gasteiger partial charge < -0.3 is 14.8 Å². The molecule has 2 atom stereocenters. The average molecular weight is 223 g/mol. The van der Waals surface area contributed by atoms with Crippen LogP contribution in [0.5, 0.6) is 5.75 Å². The van der Waals surface area contributed by atoms with Crippen LogP contribution in [0.4, 0.5) is 5.69 Å². The highest BCUT2D eigenvalue weighted by Gasteiger charge is 2.12. The SMILES string of the molecule is COc1cc(C)ccc1NC(C)C(C)OC. The van der Waals surface area contributed by atoms with Gasteiger partial charge in [-0.2, -0.15) is 0 Å². The third-order valence-corrected chi connectivity index (χ3v) is 2.82. The summed E-state index contributed by atoms with van der Waals surface area (Å²) in [6, 6.07) is 6.36. The number of ether oxygens (including phenoxy) is 2. The van der Waals surface area contributed by atoms with E-state index in [2.05, 4.69) is 18.3 Å². The molecule has 0 aliphatic rings. The zero-order valence-electron chi connectivity index (χ0n) is 10.7. The summed E-state index contributed by atoms with van der Waals surface area (Å²) in [6.45, 7) is 6.18. The maximum Gasteiger partial charge on any atom is 0.142 e. The molecule has 0 aromatic heterocycles. The molecule has 16 heavy (non-hydrogen) atoms. The fraction of sp³-hybridized carbons (Fsp3) is 0.538. The highest BCUT2D eigenvalue weighted by atomic mass is 16.5.